The van der Waals surface area contributed by atoms with Crippen LogP contribution in [-0.4, -0.2) is 0 Å². The normalized spacial score (nSPS) is 9.75. The maximum absolute atomic E-state index is 8.64. The Bertz CT molecular complexity index is 513. The zero-order chi connectivity index (χ0) is 11.4. The molecule has 0 spiro atoms. The third kappa shape index (κ3) is 2.84. The van der Waals surface area contributed by atoms with Gasteiger partial charge in [-0.1, -0.05) is 0 Å². The molecule has 0 fully saturated rings. The fourth-order valence-corrected chi connectivity index (χ4v) is 2.61. The molecule has 0 atom stereocenters. The molecular weight excluding hydrogens is 286 g/mol. The summed E-state index contributed by atoms with van der Waals surface area (Å²) in [6.45, 7) is 0.558. The maximum atomic E-state index is 8.64. The Morgan fingerprint density at radius 1 is 1.19 bits per heavy atom. The summed E-state index contributed by atoms with van der Waals surface area (Å²) in [4.78, 5) is 1.16. The Balaban J connectivity index is 1.97. The van der Waals surface area contributed by atoms with E-state index in [9.17, 15) is 0 Å². The average Bonchev–Trinajstić information content (AvgIpc) is 2.73. The standard InChI is InChI=1S/C12H8BrNOS/c13-12-6-5-11(16-12)8-15-10-3-1-9(7-14)2-4-10/h1-6H,8H2. The summed E-state index contributed by atoms with van der Waals surface area (Å²) in [5.74, 6) is 0.781. The van der Waals surface area contributed by atoms with E-state index >= 15 is 0 Å². The summed E-state index contributed by atoms with van der Waals surface area (Å²) in [6.07, 6.45) is 0. The number of hydrogen-bond donors (Lipinski definition) is 0. The van der Waals surface area contributed by atoms with Crippen LogP contribution < -0.4 is 4.74 Å². The lowest BCUT2D eigenvalue weighted by Gasteiger charge is -2.03. The fraction of sp³-hybridized carbons (Fsp3) is 0.0833. The van der Waals surface area contributed by atoms with Gasteiger partial charge in [-0.2, -0.15) is 5.26 Å². The van der Waals surface area contributed by atoms with Crippen LogP contribution in [0.15, 0.2) is 40.2 Å². The van der Waals surface area contributed by atoms with Crippen molar-refractivity contribution in [3.63, 3.8) is 0 Å². The van der Waals surface area contributed by atoms with Crippen molar-refractivity contribution in [1.29, 1.82) is 5.26 Å². The van der Waals surface area contributed by atoms with Crippen molar-refractivity contribution in [2.24, 2.45) is 0 Å². The number of nitriles is 1. The minimum absolute atomic E-state index is 0.558. The number of thiophene rings is 1. The van der Waals surface area contributed by atoms with Gasteiger partial charge in [0.05, 0.1) is 15.4 Å². The van der Waals surface area contributed by atoms with E-state index in [1.165, 1.54) is 0 Å². The first-order valence-corrected chi connectivity index (χ1v) is 6.26. The number of ether oxygens (including phenoxy) is 1. The fourth-order valence-electron chi connectivity index (χ4n) is 1.21. The van der Waals surface area contributed by atoms with Gasteiger partial charge in [-0.15, -0.1) is 11.3 Å². The second-order valence-corrected chi connectivity index (χ2v) is 5.68. The van der Waals surface area contributed by atoms with Crippen LogP contribution in [0.2, 0.25) is 0 Å². The molecule has 0 bridgehead atoms. The zero-order valence-electron chi connectivity index (χ0n) is 8.31. The lowest BCUT2D eigenvalue weighted by molar-refractivity contribution is 0.310. The van der Waals surface area contributed by atoms with E-state index in [4.69, 9.17) is 10.00 Å². The molecule has 0 saturated carbocycles. The molecule has 0 aliphatic rings. The molecule has 16 heavy (non-hydrogen) atoms. The molecule has 80 valence electrons. The number of rotatable bonds is 3. The largest absolute Gasteiger partial charge is 0.488 e. The van der Waals surface area contributed by atoms with Crippen LogP contribution in [0.4, 0.5) is 0 Å². The van der Waals surface area contributed by atoms with Gasteiger partial charge in [0.2, 0.25) is 0 Å². The maximum Gasteiger partial charge on any atom is 0.122 e. The van der Waals surface area contributed by atoms with Gasteiger partial charge >= 0.3 is 0 Å². The van der Waals surface area contributed by atoms with Crippen LogP contribution in [0.3, 0.4) is 0 Å². The second-order valence-electron chi connectivity index (χ2n) is 3.13. The molecule has 1 aromatic heterocycles. The summed E-state index contributed by atoms with van der Waals surface area (Å²) < 4.78 is 6.69. The summed E-state index contributed by atoms with van der Waals surface area (Å²) >= 11 is 5.06. The highest BCUT2D eigenvalue weighted by atomic mass is 79.9. The van der Waals surface area contributed by atoms with Crippen molar-refractivity contribution in [3.05, 3.63) is 50.6 Å². The van der Waals surface area contributed by atoms with Crippen LogP contribution in [0.1, 0.15) is 10.4 Å². The Kier molecular flexibility index (Phi) is 3.60. The molecule has 0 aliphatic carbocycles. The van der Waals surface area contributed by atoms with E-state index in [0.717, 1.165) is 14.4 Å². The highest BCUT2D eigenvalue weighted by Gasteiger charge is 1.99. The summed E-state index contributed by atoms with van der Waals surface area (Å²) in [7, 11) is 0. The first-order valence-electron chi connectivity index (χ1n) is 4.65. The van der Waals surface area contributed by atoms with Gasteiger partial charge in [-0.05, 0) is 52.3 Å². The van der Waals surface area contributed by atoms with E-state index < -0.39 is 0 Å². The van der Waals surface area contributed by atoms with Crippen molar-refractivity contribution in [3.8, 4) is 11.8 Å². The molecule has 2 rings (SSSR count). The van der Waals surface area contributed by atoms with Gasteiger partial charge in [0.1, 0.15) is 12.4 Å². The van der Waals surface area contributed by atoms with Gasteiger partial charge in [0.25, 0.3) is 0 Å². The van der Waals surface area contributed by atoms with Crippen LogP contribution in [0, 0.1) is 11.3 Å². The Morgan fingerprint density at radius 2 is 1.94 bits per heavy atom. The van der Waals surface area contributed by atoms with Crippen molar-refractivity contribution >= 4 is 27.3 Å². The molecule has 0 aliphatic heterocycles. The minimum atomic E-state index is 0.558. The molecule has 0 radical (unpaired) electrons. The Labute approximate surface area is 106 Å². The third-order valence-electron chi connectivity index (χ3n) is 1.99. The SMILES string of the molecule is N#Cc1ccc(OCc2ccc(Br)s2)cc1. The molecule has 0 amide bonds. The van der Waals surface area contributed by atoms with E-state index in [1.54, 1.807) is 35.6 Å². The molecule has 2 nitrogen and oxygen atoms in total. The molecular formula is C12H8BrNOS. The third-order valence-corrected chi connectivity index (χ3v) is 3.59. The molecule has 1 heterocycles. The highest BCUT2D eigenvalue weighted by molar-refractivity contribution is 9.11. The number of halogens is 1. The van der Waals surface area contributed by atoms with Gasteiger partial charge < -0.3 is 4.74 Å². The van der Waals surface area contributed by atoms with Crippen LogP contribution in [0.25, 0.3) is 0 Å². The molecule has 4 heteroatoms. The highest BCUT2D eigenvalue weighted by Crippen LogP contribution is 2.23. The average molecular weight is 294 g/mol. The van der Waals surface area contributed by atoms with E-state index in [2.05, 4.69) is 22.0 Å². The Morgan fingerprint density at radius 3 is 2.50 bits per heavy atom. The van der Waals surface area contributed by atoms with Crippen LogP contribution in [0.5, 0.6) is 5.75 Å². The van der Waals surface area contributed by atoms with Gasteiger partial charge in [-0.25, -0.2) is 0 Å². The van der Waals surface area contributed by atoms with Crippen molar-refractivity contribution in [2.75, 3.05) is 0 Å². The van der Waals surface area contributed by atoms with Crippen molar-refractivity contribution < 1.29 is 4.74 Å². The molecule has 0 unspecified atom stereocenters. The summed E-state index contributed by atoms with van der Waals surface area (Å²) in [5, 5.41) is 8.64. The Hall–Kier alpha value is -1.31. The number of nitrogens with zero attached hydrogens (tertiary/aromatic N) is 1. The van der Waals surface area contributed by atoms with Crippen LogP contribution in [-0.2, 0) is 6.61 Å². The van der Waals surface area contributed by atoms with Crippen molar-refractivity contribution in [1.82, 2.24) is 0 Å². The zero-order valence-corrected chi connectivity index (χ0v) is 10.7. The van der Waals surface area contributed by atoms with Crippen LogP contribution >= 0.6 is 27.3 Å². The molecule has 0 saturated heterocycles. The smallest absolute Gasteiger partial charge is 0.122 e. The summed E-state index contributed by atoms with van der Waals surface area (Å²) in [6, 6.07) is 13.2. The van der Waals surface area contributed by atoms with Gasteiger partial charge in [0.15, 0.2) is 0 Å². The second kappa shape index (κ2) is 5.15. The topological polar surface area (TPSA) is 33.0 Å². The van der Waals surface area contributed by atoms with Crippen molar-refractivity contribution in [2.45, 2.75) is 6.61 Å². The summed E-state index contributed by atoms with van der Waals surface area (Å²) in [5.41, 5.74) is 0.645. The molecule has 1 aromatic carbocycles. The first kappa shape index (κ1) is 11.2. The van der Waals surface area contributed by atoms with E-state index in [0.29, 0.717) is 12.2 Å². The lowest BCUT2D eigenvalue weighted by atomic mass is 10.2. The number of benzene rings is 1. The predicted octanol–water partition coefficient (Wildman–Crippen LogP) is 3.96. The quantitative estimate of drug-likeness (QED) is 0.858. The monoisotopic (exact) mass is 293 g/mol. The lowest BCUT2D eigenvalue weighted by Crippen LogP contribution is -1.92. The number of hydrogen-bond acceptors (Lipinski definition) is 3. The van der Waals surface area contributed by atoms with E-state index in [1.807, 2.05) is 12.1 Å². The van der Waals surface area contributed by atoms with Gasteiger partial charge in [-0.3, -0.25) is 0 Å². The molecule has 2 aromatic rings. The first-order chi connectivity index (χ1) is 7.78. The van der Waals surface area contributed by atoms with E-state index in [-0.39, 0.29) is 0 Å². The van der Waals surface area contributed by atoms with Gasteiger partial charge in [0, 0.05) is 4.88 Å². The molecule has 0 N–H and O–H groups in total. The minimum Gasteiger partial charge on any atom is -0.488 e. The predicted molar refractivity (Wildman–Crippen MR) is 67.5 cm³/mol.